The lowest BCUT2D eigenvalue weighted by molar-refractivity contribution is -0.124. The summed E-state index contributed by atoms with van der Waals surface area (Å²) in [5.74, 6) is 0.296. The van der Waals surface area contributed by atoms with E-state index in [1.807, 2.05) is 24.3 Å². The molecule has 2 aromatic rings. The van der Waals surface area contributed by atoms with Crippen LogP contribution in [0, 0.1) is 0 Å². The van der Waals surface area contributed by atoms with Crippen LogP contribution in [0.4, 0.5) is 5.82 Å². The van der Waals surface area contributed by atoms with Crippen LogP contribution in [0.15, 0.2) is 30.3 Å². The second kappa shape index (κ2) is 7.67. The average molecular weight is 363 g/mol. The zero-order chi connectivity index (χ0) is 17.8. The van der Waals surface area contributed by atoms with Crippen molar-refractivity contribution < 1.29 is 14.3 Å². The summed E-state index contributed by atoms with van der Waals surface area (Å²) in [6, 6.07) is 9.18. The molecule has 1 aliphatic heterocycles. The molecule has 0 bridgehead atoms. The number of methoxy groups -OCH3 is 1. The van der Waals surface area contributed by atoms with Crippen molar-refractivity contribution in [2.45, 2.75) is 13.0 Å². The summed E-state index contributed by atoms with van der Waals surface area (Å²) >= 11 is 6.04. The zero-order valence-corrected chi connectivity index (χ0v) is 14.6. The van der Waals surface area contributed by atoms with E-state index in [4.69, 9.17) is 16.3 Å². The second-order valence-electron chi connectivity index (χ2n) is 5.69. The molecular formula is C17H19ClN4O3. The molecular weight excluding hydrogens is 344 g/mol. The first kappa shape index (κ1) is 17.4. The first-order chi connectivity index (χ1) is 12.1. The molecule has 2 amide bonds. The van der Waals surface area contributed by atoms with Gasteiger partial charge in [0, 0.05) is 36.7 Å². The first-order valence-corrected chi connectivity index (χ1v) is 8.36. The largest absolute Gasteiger partial charge is 0.383 e. The van der Waals surface area contributed by atoms with Gasteiger partial charge in [0.25, 0.3) is 0 Å². The molecule has 0 aliphatic carbocycles. The summed E-state index contributed by atoms with van der Waals surface area (Å²) in [6.45, 7) is 1.29. The van der Waals surface area contributed by atoms with Gasteiger partial charge in [-0.25, -0.2) is 4.68 Å². The van der Waals surface area contributed by atoms with Crippen LogP contribution >= 0.6 is 11.6 Å². The van der Waals surface area contributed by atoms with Crippen molar-refractivity contribution in [2.75, 3.05) is 31.7 Å². The Labute approximate surface area is 150 Å². The average Bonchev–Trinajstić information content (AvgIpc) is 3.02. The molecule has 0 saturated carbocycles. The molecule has 1 aliphatic rings. The lowest BCUT2D eigenvalue weighted by atomic mass is 10.1. The van der Waals surface area contributed by atoms with E-state index in [9.17, 15) is 9.59 Å². The van der Waals surface area contributed by atoms with Gasteiger partial charge in [0.05, 0.1) is 18.8 Å². The fourth-order valence-corrected chi connectivity index (χ4v) is 2.89. The minimum absolute atomic E-state index is 0.0385. The number of fused-ring (bicyclic) bond motifs is 1. The Morgan fingerprint density at radius 2 is 2.24 bits per heavy atom. The van der Waals surface area contributed by atoms with Crippen molar-refractivity contribution in [3.63, 3.8) is 0 Å². The number of halogens is 1. The van der Waals surface area contributed by atoms with Crippen molar-refractivity contribution in [1.29, 1.82) is 0 Å². The van der Waals surface area contributed by atoms with Crippen molar-refractivity contribution in [3.05, 3.63) is 35.4 Å². The summed E-state index contributed by atoms with van der Waals surface area (Å²) in [5.41, 5.74) is 1.59. The second-order valence-corrected chi connectivity index (χ2v) is 6.13. The number of hydrogen-bond donors (Lipinski definition) is 1. The number of aromatic nitrogens is 2. The number of benzene rings is 1. The number of rotatable bonds is 6. The van der Waals surface area contributed by atoms with E-state index in [0.29, 0.717) is 37.0 Å². The molecule has 3 rings (SSSR count). The summed E-state index contributed by atoms with van der Waals surface area (Å²) in [5, 5.41) is 7.88. The fraction of sp³-hybridized carbons (Fsp3) is 0.353. The Morgan fingerprint density at radius 1 is 1.40 bits per heavy atom. The normalized spacial score (nSPS) is 13.7. The van der Waals surface area contributed by atoms with Gasteiger partial charge in [-0.05, 0) is 12.1 Å². The van der Waals surface area contributed by atoms with Crippen molar-refractivity contribution in [1.82, 2.24) is 15.1 Å². The highest BCUT2D eigenvalue weighted by Crippen LogP contribution is 2.29. The van der Waals surface area contributed by atoms with Gasteiger partial charge in [0.1, 0.15) is 12.4 Å². The molecule has 25 heavy (non-hydrogen) atoms. The number of anilines is 1. The molecule has 0 saturated heterocycles. The number of ether oxygens (including phenoxy) is 1. The molecule has 0 fully saturated rings. The van der Waals surface area contributed by atoms with Crippen LogP contribution in [0.5, 0.6) is 0 Å². The predicted octanol–water partition coefficient (Wildman–Crippen LogP) is 1.70. The van der Waals surface area contributed by atoms with Crippen LogP contribution in [0.25, 0.3) is 11.3 Å². The monoisotopic (exact) mass is 362 g/mol. The van der Waals surface area contributed by atoms with Gasteiger partial charge in [-0.15, -0.1) is 0 Å². The fourth-order valence-electron chi connectivity index (χ4n) is 2.70. The summed E-state index contributed by atoms with van der Waals surface area (Å²) < 4.78 is 6.65. The van der Waals surface area contributed by atoms with E-state index in [1.165, 1.54) is 4.90 Å². The standard InChI is InChI=1S/C17H19ClN4O3/c1-25-8-6-19-15(23)11-21-16-10-14(12-3-2-4-13(18)9-12)20-22(16)7-5-17(21)24/h2-4,9-10H,5-8,11H2,1H3,(H,19,23). The van der Waals surface area contributed by atoms with E-state index < -0.39 is 0 Å². The number of hydrogen-bond acceptors (Lipinski definition) is 4. The third kappa shape index (κ3) is 4.00. The lowest BCUT2D eigenvalue weighted by Gasteiger charge is -2.26. The van der Waals surface area contributed by atoms with E-state index in [0.717, 1.165) is 11.3 Å². The number of nitrogens with zero attached hydrogens (tertiary/aromatic N) is 3. The Balaban J connectivity index is 1.81. The molecule has 0 radical (unpaired) electrons. The Kier molecular flexibility index (Phi) is 5.35. The lowest BCUT2D eigenvalue weighted by Crippen LogP contribution is -2.44. The van der Waals surface area contributed by atoms with E-state index in [2.05, 4.69) is 10.4 Å². The highest BCUT2D eigenvalue weighted by atomic mass is 35.5. The molecule has 2 heterocycles. The van der Waals surface area contributed by atoms with Gasteiger partial charge in [-0.3, -0.25) is 14.5 Å². The van der Waals surface area contributed by atoms with Gasteiger partial charge >= 0.3 is 0 Å². The quantitative estimate of drug-likeness (QED) is 0.793. The Bertz CT molecular complexity index is 790. The van der Waals surface area contributed by atoms with E-state index in [1.54, 1.807) is 17.9 Å². The van der Waals surface area contributed by atoms with E-state index in [-0.39, 0.29) is 18.4 Å². The number of nitrogens with one attached hydrogen (secondary N) is 1. The maximum atomic E-state index is 12.3. The third-order valence-corrected chi connectivity index (χ3v) is 4.16. The predicted molar refractivity (Wildman–Crippen MR) is 94.5 cm³/mol. The molecule has 1 aromatic heterocycles. The van der Waals surface area contributed by atoms with Gasteiger partial charge in [0.15, 0.2) is 0 Å². The SMILES string of the molecule is COCCNC(=O)CN1C(=O)CCn2nc(-c3cccc(Cl)c3)cc21. The van der Waals surface area contributed by atoms with Gasteiger partial charge < -0.3 is 10.1 Å². The van der Waals surface area contributed by atoms with Crippen molar-refractivity contribution in [3.8, 4) is 11.3 Å². The third-order valence-electron chi connectivity index (χ3n) is 3.92. The molecule has 0 unspecified atom stereocenters. The molecule has 8 heteroatoms. The van der Waals surface area contributed by atoms with Crippen molar-refractivity contribution >= 4 is 29.2 Å². The highest BCUT2D eigenvalue weighted by Gasteiger charge is 2.28. The number of aryl methyl sites for hydroxylation is 1. The molecule has 132 valence electrons. The molecule has 1 N–H and O–H groups in total. The minimum atomic E-state index is -0.232. The van der Waals surface area contributed by atoms with Crippen LogP contribution in [0.3, 0.4) is 0 Å². The van der Waals surface area contributed by atoms with Crippen LogP contribution in [-0.4, -0.2) is 48.4 Å². The minimum Gasteiger partial charge on any atom is -0.383 e. The molecule has 0 spiro atoms. The van der Waals surface area contributed by atoms with Crippen LogP contribution in [0.2, 0.25) is 5.02 Å². The summed E-state index contributed by atoms with van der Waals surface area (Å²) in [7, 11) is 1.57. The maximum Gasteiger partial charge on any atom is 0.240 e. The number of carbonyl (C=O) groups excluding carboxylic acids is 2. The zero-order valence-electron chi connectivity index (χ0n) is 13.9. The Hall–Kier alpha value is -2.38. The molecule has 1 aromatic carbocycles. The van der Waals surface area contributed by atoms with Crippen LogP contribution < -0.4 is 10.2 Å². The summed E-state index contributed by atoms with van der Waals surface area (Å²) in [6.07, 6.45) is 0.315. The molecule has 0 atom stereocenters. The van der Waals surface area contributed by atoms with Gasteiger partial charge in [0.2, 0.25) is 11.8 Å². The topological polar surface area (TPSA) is 76.5 Å². The summed E-state index contributed by atoms with van der Waals surface area (Å²) in [4.78, 5) is 25.8. The highest BCUT2D eigenvalue weighted by molar-refractivity contribution is 6.30. The number of amides is 2. The first-order valence-electron chi connectivity index (χ1n) is 7.98. The number of carbonyl (C=O) groups is 2. The van der Waals surface area contributed by atoms with E-state index >= 15 is 0 Å². The van der Waals surface area contributed by atoms with Crippen molar-refractivity contribution in [2.24, 2.45) is 0 Å². The van der Waals surface area contributed by atoms with Crippen LogP contribution in [0.1, 0.15) is 6.42 Å². The van der Waals surface area contributed by atoms with Gasteiger partial charge in [-0.2, -0.15) is 5.10 Å². The maximum absolute atomic E-state index is 12.3. The molecule has 7 nitrogen and oxygen atoms in total. The Morgan fingerprint density at radius 3 is 3.00 bits per heavy atom. The van der Waals surface area contributed by atoms with Crippen LogP contribution in [-0.2, 0) is 20.9 Å². The smallest absolute Gasteiger partial charge is 0.240 e. The van der Waals surface area contributed by atoms with Gasteiger partial charge in [-0.1, -0.05) is 23.7 Å².